The highest BCUT2D eigenvalue weighted by Crippen LogP contribution is 2.39. The van der Waals surface area contributed by atoms with E-state index in [-0.39, 0.29) is 11.5 Å². The maximum atomic E-state index is 13.1. The number of anilines is 2. The Morgan fingerprint density at radius 2 is 1.81 bits per heavy atom. The lowest BCUT2D eigenvalue weighted by atomic mass is 10.1. The van der Waals surface area contributed by atoms with Crippen LogP contribution in [-0.2, 0) is 9.59 Å². The van der Waals surface area contributed by atoms with Crippen LogP contribution in [0.2, 0.25) is 5.02 Å². The van der Waals surface area contributed by atoms with Gasteiger partial charge in [-0.15, -0.1) is 0 Å². The zero-order chi connectivity index (χ0) is 26.5. The Labute approximate surface area is 235 Å². The normalized spacial score (nSPS) is 14.3. The molecule has 0 radical (unpaired) electrons. The molecule has 1 fully saturated rings. The summed E-state index contributed by atoms with van der Waals surface area (Å²) >= 11 is 8.80. The number of ether oxygens (including phenoxy) is 2. The highest BCUT2D eigenvalue weighted by atomic mass is 127. The Morgan fingerprint density at radius 1 is 1.11 bits per heavy atom. The first-order valence-corrected chi connectivity index (χ1v) is 13.2. The van der Waals surface area contributed by atoms with Crippen molar-refractivity contribution in [3.05, 3.63) is 85.5 Å². The van der Waals surface area contributed by atoms with Crippen molar-refractivity contribution >= 4 is 80.5 Å². The summed E-state index contributed by atoms with van der Waals surface area (Å²) in [4.78, 5) is 39.2. The summed E-state index contributed by atoms with van der Waals surface area (Å²) in [6.45, 7) is 1.85. The molecule has 1 saturated heterocycles. The highest BCUT2D eigenvalue weighted by Gasteiger charge is 2.36. The topological polar surface area (TPSA) is 84.9 Å². The van der Waals surface area contributed by atoms with Crippen molar-refractivity contribution in [2.75, 3.05) is 23.4 Å². The van der Waals surface area contributed by atoms with Crippen LogP contribution in [0.15, 0.2) is 65.6 Å². The Balaban J connectivity index is 1.51. The van der Waals surface area contributed by atoms with E-state index in [1.807, 2.05) is 29.5 Å². The molecule has 0 unspecified atom stereocenters. The Bertz CT molecular complexity index is 1380. The van der Waals surface area contributed by atoms with E-state index in [0.717, 1.165) is 16.7 Å². The minimum Gasteiger partial charge on any atom is -0.490 e. The lowest BCUT2D eigenvalue weighted by Gasteiger charge is -2.15. The van der Waals surface area contributed by atoms with E-state index >= 15 is 0 Å². The fourth-order valence-electron chi connectivity index (χ4n) is 3.37. The largest absolute Gasteiger partial charge is 0.490 e. The van der Waals surface area contributed by atoms with Crippen molar-refractivity contribution in [1.29, 1.82) is 0 Å². The van der Waals surface area contributed by atoms with Crippen molar-refractivity contribution in [2.24, 2.45) is 0 Å². The van der Waals surface area contributed by atoms with Gasteiger partial charge in [-0.05, 0) is 114 Å². The van der Waals surface area contributed by atoms with Crippen LogP contribution >= 0.6 is 46.0 Å². The number of thioether (sulfide) groups is 1. The van der Waals surface area contributed by atoms with Gasteiger partial charge in [0, 0.05) is 10.7 Å². The lowest BCUT2D eigenvalue weighted by molar-refractivity contribution is -0.118. The van der Waals surface area contributed by atoms with Crippen LogP contribution in [0.5, 0.6) is 11.5 Å². The zero-order valence-corrected chi connectivity index (χ0v) is 23.0. The molecule has 3 aromatic rings. The van der Waals surface area contributed by atoms with Crippen LogP contribution in [0.25, 0.3) is 6.08 Å². The number of carbonyl (C=O) groups is 3. The van der Waals surface area contributed by atoms with Crippen LogP contribution in [0.1, 0.15) is 12.5 Å². The number of hydrogen-bond acceptors (Lipinski definition) is 6. The molecule has 190 valence electrons. The van der Waals surface area contributed by atoms with Crippen molar-refractivity contribution < 1.29 is 28.2 Å². The Kier molecular flexibility index (Phi) is 8.72. The summed E-state index contributed by atoms with van der Waals surface area (Å²) in [5, 5.41) is 2.72. The third kappa shape index (κ3) is 6.62. The molecule has 1 aliphatic heterocycles. The van der Waals surface area contributed by atoms with Crippen molar-refractivity contribution in [1.82, 2.24) is 0 Å². The minimum absolute atomic E-state index is 0.255. The fraction of sp³-hybridized carbons (Fsp3) is 0.115. The van der Waals surface area contributed by atoms with Crippen LogP contribution < -0.4 is 19.7 Å². The summed E-state index contributed by atoms with van der Waals surface area (Å²) in [7, 11) is 0. The van der Waals surface area contributed by atoms with Gasteiger partial charge in [-0.3, -0.25) is 14.4 Å². The van der Waals surface area contributed by atoms with E-state index in [0.29, 0.717) is 43.6 Å². The molecule has 7 nitrogen and oxygen atoms in total. The molecule has 0 aromatic heterocycles. The molecular formula is C26H19ClFIN2O5S. The zero-order valence-electron chi connectivity index (χ0n) is 19.3. The minimum atomic E-state index is -0.442. The summed E-state index contributed by atoms with van der Waals surface area (Å²) < 4.78 is 25.2. The van der Waals surface area contributed by atoms with Gasteiger partial charge in [-0.1, -0.05) is 11.6 Å². The van der Waals surface area contributed by atoms with Crippen molar-refractivity contribution in [3.8, 4) is 11.5 Å². The fourth-order valence-corrected chi connectivity index (χ4v) is 5.12. The standard InChI is InChI=1S/C26H19ClFIN2O5S/c1-2-35-21-12-15(13-22-25(33)31(26(34)37-22)19-9-3-16(27)4-10-19)11-20(29)24(21)36-14-23(32)30-18-7-5-17(28)6-8-18/h3-13H,2,14H2,1H3,(H,30,32)/b22-13+. The maximum absolute atomic E-state index is 13.1. The Morgan fingerprint density at radius 3 is 2.49 bits per heavy atom. The molecule has 0 spiro atoms. The lowest BCUT2D eigenvalue weighted by Crippen LogP contribution is -2.27. The molecule has 1 aliphatic rings. The Hall–Kier alpha value is -3.09. The second-order valence-electron chi connectivity index (χ2n) is 7.60. The van der Waals surface area contributed by atoms with Gasteiger partial charge in [-0.25, -0.2) is 9.29 Å². The number of amides is 3. The number of carbonyl (C=O) groups excluding carboxylic acids is 3. The van der Waals surface area contributed by atoms with E-state index in [1.165, 1.54) is 24.3 Å². The van der Waals surface area contributed by atoms with Crippen LogP contribution in [0.3, 0.4) is 0 Å². The third-order valence-electron chi connectivity index (χ3n) is 4.98. The molecular weight excluding hydrogens is 634 g/mol. The van der Waals surface area contributed by atoms with E-state index in [1.54, 1.807) is 42.5 Å². The second kappa shape index (κ2) is 12.0. The van der Waals surface area contributed by atoms with Crippen LogP contribution in [-0.4, -0.2) is 30.3 Å². The number of nitrogens with one attached hydrogen (secondary N) is 1. The van der Waals surface area contributed by atoms with Crippen molar-refractivity contribution in [2.45, 2.75) is 6.92 Å². The van der Waals surface area contributed by atoms with Gasteiger partial charge in [-0.2, -0.15) is 0 Å². The molecule has 11 heteroatoms. The quantitative estimate of drug-likeness (QED) is 0.214. The number of nitrogens with zero attached hydrogens (tertiary/aromatic N) is 1. The SMILES string of the molecule is CCOc1cc(/C=C2/SC(=O)N(c3ccc(Cl)cc3)C2=O)cc(I)c1OCC(=O)Nc1ccc(F)cc1. The molecule has 4 rings (SSSR count). The molecule has 0 atom stereocenters. The van der Waals surface area contributed by atoms with Gasteiger partial charge in [0.05, 0.1) is 20.8 Å². The van der Waals surface area contributed by atoms with E-state index in [9.17, 15) is 18.8 Å². The second-order valence-corrected chi connectivity index (χ2v) is 10.2. The van der Waals surface area contributed by atoms with Gasteiger partial charge < -0.3 is 14.8 Å². The first kappa shape index (κ1) is 27.0. The average molecular weight is 653 g/mol. The van der Waals surface area contributed by atoms with Gasteiger partial charge in [0.1, 0.15) is 5.82 Å². The summed E-state index contributed by atoms with van der Waals surface area (Å²) in [6, 6.07) is 15.3. The van der Waals surface area contributed by atoms with Gasteiger partial charge in [0.15, 0.2) is 18.1 Å². The van der Waals surface area contributed by atoms with Crippen LogP contribution in [0.4, 0.5) is 20.6 Å². The number of imide groups is 1. The number of halogens is 3. The average Bonchev–Trinajstić information content (AvgIpc) is 3.13. The van der Waals surface area contributed by atoms with E-state index < -0.39 is 22.9 Å². The smallest absolute Gasteiger partial charge is 0.298 e. The molecule has 0 aliphatic carbocycles. The summed E-state index contributed by atoms with van der Waals surface area (Å²) in [6.07, 6.45) is 1.61. The number of rotatable bonds is 8. The van der Waals surface area contributed by atoms with Gasteiger partial charge in [0.25, 0.3) is 17.1 Å². The molecule has 0 saturated carbocycles. The first-order valence-electron chi connectivity index (χ1n) is 10.9. The third-order valence-corrected chi connectivity index (χ3v) is 6.91. The summed E-state index contributed by atoms with van der Waals surface area (Å²) in [5.74, 6) is -0.525. The maximum Gasteiger partial charge on any atom is 0.298 e. The molecule has 3 aromatic carbocycles. The highest BCUT2D eigenvalue weighted by molar-refractivity contribution is 14.1. The predicted molar refractivity (Wildman–Crippen MR) is 151 cm³/mol. The van der Waals surface area contributed by atoms with Crippen molar-refractivity contribution in [3.63, 3.8) is 0 Å². The molecule has 37 heavy (non-hydrogen) atoms. The first-order chi connectivity index (χ1) is 17.7. The predicted octanol–water partition coefficient (Wildman–Crippen LogP) is 6.74. The van der Waals surface area contributed by atoms with E-state index in [2.05, 4.69) is 5.32 Å². The number of benzene rings is 3. The van der Waals surface area contributed by atoms with Gasteiger partial charge in [0.2, 0.25) is 0 Å². The molecule has 3 amide bonds. The molecule has 1 N–H and O–H groups in total. The van der Waals surface area contributed by atoms with E-state index in [4.69, 9.17) is 21.1 Å². The van der Waals surface area contributed by atoms with Crippen LogP contribution in [0, 0.1) is 9.39 Å². The monoisotopic (exact) mass is 652 g/mol. The summed E-state index contributed by atoms with van der Waals surface area (Å²) in [5.41, 5.74) is 1.50. The van der Waals surface area contributed by atoms with Gasteiger partial charge >= 0.3 is 0 Å². The molecule has 0 bridgehead atoms. The molecule has 1 heterocycles. The number of hydrogen-bond donors (Lipinski definition) is 1.